The van der Waals surface area contributed by atoms with E-state index in [1.807, 2.05) is 20.8 Å². The highest BCUT2D eigenvalue weighted by Crippen LogP contribution is 2.36. The zero-order chi connectivity index (χ0) is 28.5. The average molecular weight is 590 g/mol. The standard InChI is InChI=1S/C26H35N7O5S2/c1-26(2,3)38-25(34)33-7-5-31(6-8-33)16-19-17-39-23-21(18-13-20(15-27-14-18)30-40(4,35)36)28-24(29-22(19)23)32-9-11-37-12-10-32/h13-15,17,30H,5-12,16H2,1-4H3. The molecule has 0 saturated carbocycles. The molecule has 0 aliphatic carbocycles. The van der Waals surface area contributed by atoms with E-state index in [0.29, 0.717) is 68.8 Å². The first-order valence-electron chi connectivity index (χ1n) is 13.2. The number of anilines is 2. The van der Waals surface area contributed by atoms with E-state index in [2.05, 4.69) is 24.9 Å². The van der Waals surface area contributed by atoms with Gasteiger partial charge >= 0.3 is 6.09 Å². The Balaban J connectivity index is 1.43. The maximum Gasteiger partial charge on any atom is 0.410 e. The van der Waals surface area contributed by atoms with Gasteiger partial charge in [0.25, 0.3) is 0 Å². The van der Waals surface area contributed by atoms with Crippen molar-refractivity contribution in [1.29, 1.82) is 0 Å². The number of nitrogens with zero attached hydrogens (tertiary/aromatic N) is 6. The molecular weight excluding hydrogens is 554 g/mol. The van der Waals surface area contributed by atoms with E-state index in [-0.39, 0.29) is 6.09 Å². The maximum absolute atomic E-state index is 12.5. The first kappa shape index (κ1) is 28.5. The molecule has 0 spiro atoms. The zero-order valence-corrected chi connectivity index (χ0v) is 24.8. The third-order valence-corrected chi connectivity index (χ3v) is 8.14. The minimum absolute atomic E-state index is 0.276. The van der Waals surface area contributed by atoms with Crippen LogP contribution in [-0.4, -0.2) is 104 Å². The minimum atomic E-state index is -3.45. The highest BCUT2D eigenvalue weighted by molar-refractivity contribution is 7.92. The molecule has 0 aromatic carbocycles. The van der Waals surface area contributed by atoms with Crippen molar-refractivity contribution in [3.63, 3.8) is 0 Å². The second-order valence-corrected chi connectivity index (χ2v) is 13.6. The lowest BCUT2D eigenvalue weighted by Gasteiger charge is -2.35. The summed E-state index contributed by atoms with van der Waals surface area (Å²) in [7, 11) is -3.45. The Hall–Kier alpha value is -3.07. The number of pyridine rings is 1. The Bertz CT molecular complexity index is 1470. The molecule has 12 nitrogen and oxygen atoms in total. The van der Waals surface area contributed by atoms with Crippen LogP contribution < -0.4 is 9.62 Å². The van der Waals surface area contributed by atoms with Crippen molar-refractivity contribution < 1.29 is 22.7 Å². The van der Waals surface area contributed by atoms with Gasteiger partial charge in [0, 0.05) is 63.1 Å². The number of piperazine rings is 1. The molecule has 0 unspecified atom stereocenters. The number of hydrogen-bond acceptors (Lipinski definition) is 11. The van der Waals surface area contributed by atoms with Gasteiger partial charge in [-0.05, 0) is 32.2 Å². The Kier molecular flexibility index (Phi) is 8.13. The third kappa shape index (κ3) is 6.97. The summed E-state index contributed by atoms with van der Waals surface area (Å²) in [6, 6.07) is 1.74. The van der Waals surface area contributed by atoms with Gasteiger partial charge in [-0.2, -0.15) is 0 Å². The van der Waals surface area contributed by atoms with E-state index in [1.54, 1.807) is 28.5 Å². The lowest BCUT2D eigenvalue weighted by atomic mass is 10.1. The number of morpholine rings is 1. The van der Waals surface area contributed by atoms with Gasteiger partial charge < -0.3 is 19.3 Å². The van der Waals surface area contributed by atoms with Crippen molar-refractivity contribution >= 4 is 49.3 Å². The highest BCUT2D eigenvalue weighted by Gasteiger charge is 2.27. The highest BCUT2D eigenvalue weighted by atomic mass is 32.2. The van der Waals surface area contributed by atoms with Crippen LogP contribution in [0.15, 0.2) is 23.8 Å². The van der Waals surface area contributed by atoms with Crippen molar-refractivity contribution in [3.8, 4) is 11.3 Å². The van der Waals surface area contributed by atoms with Crippen LogP contribution in [0.3, 0.4) is 0 Å². The van der Waals surface area contributed by atoms with Gasteiger partial charge in [0.05, 0.1) is 47.3 Å². The Morgan fingerprint density at radius 2 is 1.82 bits per heavy atom. The number of nitrogens with one attached hydrogen (secondary N) is 1. The number of sulfonamides is 1. The molecule has 1 N–H and O–H groups in total. The van der Waals surface area contributed by atoms with Gasteiger partial charge in [-0.1, -0.05) is 0 Å². The molecule has 1 amide bonds. The molecule has 40 heavy (non-hydrogen) atoms. The second kappa shape index (κ2) is 11.4. The Morgan fingerprint density at radius 1 is 1.10 bits per heavy atom. The van der Waals surface area contributed by atoms with Gasteiger partial charge in [0.1, 0.15) is 5.60 Å². The molecule has 3 aromatic heterocycles. The number of carbonyl (C=O) groups is 1. The molecule has 5 rings (SSSR count). The summed E-state index contributed by atoms with van der Waals surface area (Å²) in [4.78, 5) is 32.9. The molecule has 0 bridgehead atoms. The fraction of sp³-hybridized carbons (Fsp3) is 0.538. The summed E-state index contributed by atoms with van der Waals surface area (Å²) < 4.78 is 38.1. The molecule has 5 heterocycles. The van der Waals surface area contributed by atoms with Crippen molar-refractivity contribution in [3.05, 3.63) is 29.4 Å². The van der Waals surface area contributed by atoms with Crippen LogP contribution in [0.1, 0.15) is 26.3 Å². The lowest BCUT2D eigenvalue weighted by molar-refractivity contribution is 0.0139. The third-order valence-electron chi connectivity index (χ3n) is 6.50. The average Bonchev–Trinajstić information content (AvgIpc) is 3.30. The number of rotatable bonds is 6. The van der Waals surface area contributed by atoms with Gasteiger partial charge in [0.15, 0.2) is 0 Å². The fourth-order valence-corrected chi connectivity index (χ4v) is 6.21. The zero-order valence-electron chi connectivity index (χ0n) is 23.2. The largest absolute Gasteiger partial charge is 0.444 e. The quantitative estimate of drug-likeness (QED) is 0.458. The van der Waals surface area contributed by atoms with E-state index in [0.717, 1.165) is 35.1 Å². The van der Waals surface area contributed by atoms with Crippen molar-refractivity contribution in [2.24, 2.45) is 0 Å². The monoisotopic (exact) mass is 589 g/mol. The molecule has 216 valence electrons. The van der Waals surface area contributed by atoms with E-state index in [4.69, 9.17) is 19.4 Å². The first-order chi connectivity index (χ1) is 18.9. The SMILES string of the molecule is CC(C)(C)OC(=O)N1CCN(Cc2csc3c(-c4cncc(NS(C)(=O)=O)c4)nc(N4CCOCC4)nc23)CC1. The van der Waals surface area contributed by atoms with Crippen LogP contribution in [0, 0.1) is 0 Å². The first-order valence-corrected chi connectivity index (χ1v) is 16.0. The van der Waals surface area contributed by atoms with Crippen LogP contribution in [-0.2, 0) is 26.0 Å². The van der Waals surface area contributed by atoms with Gasteiger partial charge in [-0.25, -0.2) is 23.2 Å². The second-order valence-electron chi connectivity index (χ2n) is 11.0. The molecule has 0 atom stereocenters. The molecular formula is C26H35N7O5S2. The normalized spacial score (nSPS) is 17.3. The predicted molar refractivity (Wildman–Crippen MR) is 155 cm³/mol. The number of aromatic nitrogens is 3. The molecule has 14 heteroatoms. The number of hydrogen-bond donors (Lipinski definition) is 1. The molecule has 3 aromatic rings. The Labute approximate surface area is 238 Å². The summed E-state index contributed by atoms with van der Waals surface area (Å²) in [6.07, 6.45) is 4.00. The summed E-state index contributed by atoms with van der Waals surface area (Å²) >= 11 is 1.56. The van der Waals surface area contributed by atoms with E-state index in [9.17, 15) is 13.2 Å². The topological polar surface area (TPSA) is 130 Å². The van der Waals surface area contributed by atoms with E-state index < -0.39 is 15.6 Å². The van der Waals surface area contributed by atoms with Gasteiger partial charge in [-0.3, -0.25) is 14.6 Å². The fourth-order valence-electron chi connectivity index (χ4n) is 4.66. The van der Waals surface area contributed by atoms with Crippen molar-refractivity contribution in [1.82, 2.24) is 24.8 Å². The van der Waals surface area contributed by atoms with Crippen LogP contribution in [0.25, 0.3) is 21.5 Å². The maximum atomic E-state index is 12.5. The van der Waals surface area contributed by atoms with Crippen LogP contribution >= 0.6 is 11.3 Å². The van der Waals surface area contributed by atoms with E-state index in [1.165, 1.54) is 6.20 Å². The number of amides is 1. The van der Waals surface area contributed by atoms with Crippen LogP contribution in [0.2, 0.25) is 0 Å². The number of thiophene rings is 1. The predicted octanol–water partition coefficient (Wildman–Crippen LogP) is 3.01. The van der Waals surface area contributed by atoms with E-state index >= 15 is 0 Å². The number of ether oxygens (including phenoxy) is 2. The summed E-state index contributed by atoms with van der Waals surface area (Å²) in [5.74, 6) is 0.613. The molecule has 2 aliphatic heterocycles. The molecule has 2 saturated heterocycles. The summed E-state index contributed by atoms with van der Waals surface area (Å²) in [5, 5.41) is 2.11. The smallest absolute Gasteiger partial charge is 0.410 e. The number of fused-ring (bicyclic) bond motifs is 1. The molecule has 2 fully saturated rings. The van der Waals surface area contributed by atoms with Gasteiger partial charge in [0.2, 0.25) is 16.0 Å². The van der Waals surface area contributed by atoms with Crippen LogP contribution in [0.5, 0.6) is 0 Å². The molecule has 2 aliphatic rings. The van der Waals surface area contributed by atoms with Crippen molar-refractivity contribution in [2.45, 2.75) is 32.9 Å². The number of carbonyl (C=O) groups excluding carboxylic acids is 1. The Morgan fingerprint density at radius 3 is 2.50 bits per heavy atom. The van der Waals surface area contributed by atoms with Crippen molar-refractivity contribution in [2.75, 3.05) is 68.4 Å². The lowest BCUT2D eigenvalue weighted by Crippen LogP contribution is -2.49. The summed E-state index contributed by atoms with van der Waals surface area (Å²) in [5.41, 5.74) is 3.22. The van der Waals surface area contributed by atoms with Crippen LogP contribution in [0.4, 0.5) is 16.4 Å². The molecule has 0 radical (unpaired) electrons. The van der Waals surface area contributed by atoms with Gasteiger partial charge in [-0.15, -0.1) is 11.3 Å². The minimum Gasteiger partial charge on any atom is -0.444 e. The summed E-state index contributed by atoms with van der Waals surface area (Å²) in [6.45, 7) is 11.5.